The lowest BCUT2D eigenvalue weighted by Crippen LogP contribution is -2.13. The monoisotopic (exact) mass is 462 g/mol. The van der Waals surface area contributed by atoms with Gasteiger partial charge in [0.25, 0.3) is 0 Å². The van der Waals surface area contributed by atoms with Crippen LogP contribution in [0.5, 0.6) is 11.5 Å². The highest BCUT2D eigenvalue weighted by Gasteiger charge is 2.17. The number of rotatable bonds is 13. The van der Waals surface area contributed by atoms with Crippen molar-refractivity contribution >= 4 is 25.8 Å². The van der Waals surface area contributed by atoms with Gasteiger partial charge in [-0.3, -0.25) is 9.13 Å². The number of hydrogen-bond donors (Lipinski definition) is 4. The molecule has 2 aromatic carbocycles. The Morgan fingerprint density at radius 2 is 0.833 bits per heavy atom. The van der Waals surface area contributed by atoms with E-state index in [1.165, 1.54) is 48.5 Å². The quantitative estimate of drug-likeness (QED) is 0.248. The van der Waals surface area contributed by atoms with Gasteiger partial charge in [-0.05, 0) is 48.5 Å². The highest BCUT2D eigenvalue weighted by atomic mass is 31.2. The molecule has 0 saturated heterocycles. The molecule has 0 aliphatic carbocycles. The first kappa shape index (κ1) is 24.5. The van der Waals surface area contributed by atoms with Gasteiger partial charge in [0.1, 0.15) is 24.7 Å². The van der Waals surface area contributed by atoms with E-state index in [9.17, 15) is 9.13 Å². The minimum absolute atomic E-state index is 0.0645. The van der Waals surface area contributed by atoms with Crippen molar-refractivity contribution in [2.75, 3.05) is 39.6 Å². The van der Waals surface area contributed by atoms with Gasteiger partial charge in [0, 0.05) is 0 Å². The van der Waals surface area contributed by atoms with Crippen molar-refractivity contribution in [3.8, 4) is 11.5 Å². The Balaban J connectivity index is 1.48. The molecule has 0 aliphatic rings. The molecule has 0 saturated carbocycles. The van der Waals surface area contributed by atoms with Gasteiger partial charge in [0.2, 0.25) is 0 Å². The molecule has 0 heterocycles. The van der Waals surface area contributed by atoms with Crippen molar-refractivity contribution in [2.24, 2.45) is 0 Å². The van der Waals surface area contributed by atoms with E-state index in [1.807, 2.05) is 0 Å². The molecule has 0 bridgehead atoms. The van der Waals surface area contributed by atoms with E-state index in [0.717, 1.165) is 0 Å². The smallest absolute Gasteiger partial charge is 0.356 e. The third-order valence-electron chi connectivity index (χ3n) is 3.71. The van der Waals surface area contributed by atoms with Crippen LogP contribution in [0, 0.1) is 0 Å². The lowest BCUT2D eigenvalue weighted by atomic mass is 10.3. The molecular formula is C18H24O10P2. The highest BCUT2D eigenvalue weighted by Crippen LogP contribution is 2.34. The van der Waals surface area contributed by atoms with Crippen LogP contribution in [0.2, 0.25) is 0 Å². The Hall–Kier alpha value is -1.74. The van der Waals surface area contributed by atoms with Gasteiger partial charge in [-0.25, -0.2) is 0 Å². The highest BCUT2D eigenvalue weighted by molar-refractivity contribution is 7.60. The largest absolute Gasteiger partial charge is 0.491 e. The van der Waals surface area contributed by atoms with E-state index in [1.54, 1.807) is 0 Å². The molecule has 0 aromatic heterocycles. The van der Waals surface area contributed by atoms with Crippen LogP contribution in [-0.2, 0) is 18.6 Å². The number of benzene rings is 2. The van der Waals surface area contributed by atoms with Crippen LogP contribution in [0.1, 0.15) is 0 Å². The molecular weight excluding hydrogens is 438 g/mol. The standard InChI is InChI=1S/C18H24O10P2/c19-29(20,21)17-5-1-15(2-6-17)27-13-11-25-9-10-26-12-14-28-16-3-7-18(8-4-16)30(22,23)24/h1-8H,9-14H2,(H2,19,20,21)(H2,22,23,24). The first-order valence-corrected chi connectivity index (χ1v) is 12.1. The molecule has 0 radical (unpaired) electrons. The van der Waals surface area contributed by atoms with Crippen LogP contribution in [0.25, 0.3) is 0 Å². The van der Waals surface area contributed by atoms with E-state index in [4.69, 9.17) is 38.5 Å². The normalized spacial score (nSPS) is 12.0. The summed E-state index contributed by atoms with van der Waals surface area (Å²) in [5.74, 6) is 0.969. The zero-order valence-electron chi connectivity index (χ0n) is 16.0. The number of hydrogen-bond acceptors (Lipinski definition) is 6. The van der Waals surface area contributed by atoms with Gasteiger partial charge in [-0.1, -0.05) is 0 Å². The van der Waals surface area contributed by atoms with Crippen LogP contribution < -0.4 is 20.1 Å². The Morgan fingerprint density at radius 1 is 0.533 bits per heavy atom. The van der Waals surface area contributed by atoms with Crippen molar-refractivity contribution in [3.05, 3.63) is 48.5 Å². The molecule has 0 unspecified atom stereocenters. The first-order chi connectivity index (χ1) is 14.2. The molecule has 30 heavy (non-hydrogen) atoms. The molecule has 0 spiro atoms. The predicted octanol–water partition coefficient (Wildman–Crippen LogP) is 0.784. The van der Waals surface area contributed by atoms with E-state index in [0.29, 0.717) is 37.9 Å². The summed E-state index contributed by atoms with van der Waals surface area (Å²) in [5, 5.41) is -0.129. The summed E-state index contributed by atoms with van der Waals surface area (Å²) in [6, 6.07) is 11.2. The molecule has 12 heteroatoms. The summed E-state index contributed by atoms with van der Waals surface area (Å²) >= 11 is 0. The molecule has 0 aliphatic heterocycles. The first-order valence-electron chi connectivity index (χ1n) is 8.90. The minimum atomic E-state index is -4.25. The van der Waals surface area contributed by atoms with E-state index < -0.39 is 15.2 Å². The summed E-state index contributed by atoms with van der Waals surface area (Å²) < 4.78 is 43.7. The third kappa shape index (κ3) is 8.95. The summed E-state index contributed by atoms with van der Waals surface area (Å²) in [5.41, 5.74) is 0. The Morgan fingerprint density at radius 3 is 1.13 bits per heavy atom. The van der Waals surface area contributed by atoms with Crippen molar-refractivity contribution in [1.29, 1.82) is 0 Å². The average Bonchev–Trinajstić information content (AvgIpc) is 2.69. The molecule has 0 fully saturated rings. The van der Waals surface area contributed by atoms with Crippen molar-refractivity contribution in [2.45, 2.75) is 0 Å². The zero-order chi connectivity index (χ0) is 22.0. The molecule has 0 amide bonds. The Labute approximate surface area is 173 Å². The van der Waals surface area contributed by atoms with Crippen molar-refractivity contribution in [1.82, 2.24) is 0 Å². The summed E-state index contributed by atoms with van der Waals surface area (Å²) in [6.45, 7) is 1.93. The lowest BCUT2D eigenvalue weighted by Gasteiger charge is -2.10. The van der Waals surface area contributed by atoms with Crippen LogP contribution in [0.3, 0.4) is 0 Å². The minimum Gasteiger partial charge on any atom is -0.491 e. The van der Waals surface area contributed by atoms with Gasteiger partial charge in [0.15, 0.2) is 0 Å². The van der Waals surface area contributed by atoms with Gasteiger partial charge in [-0.2, -0.15) is 0 Å². The molecule has 2 aromatic rings. The van der Waals surface area contributed by atoms with Crippen LogP contribution in [0.4, 0.5) is 0 Å². The van der Waals surface area contributed by atoms with Crippen LogP contribution in [-0.4, -0.2) is 59.2 Å². The van der Waals surface area contributed by atoms with E-state index in [2.05, 4.69) is 0 Å². The Kier molecular flexibility index (Phi) is 9.48. The maximum atomic E-state index is 11.1. The van der Waals surface area contributed by atoms with Gasteiger partial charge in [-0.15, -0.1) is 0 Å². The fourth-order valence-corrected chi connectivity index (χ4v) is 3.31. The summed E-state index contributed by atoms with van der Waals surface area (Å²) in [4.78, 5) is 36.1. The van der Waals surface area contributed by atoms with Crippen molar-refractivity contribution < 1.29 is 47.7 Å². The van der Waals surface area contributed by atoms with E-state index >= 15 is 0 Å². The SMILES string of the molecule is O=P(O)(O)c1ccc(OCCOCCOCCOc2ccc(P(=O)(O)O)cc2)cc1. The second-order valence-corrected chi connectivity index (χ2v) is 9.21. The van der Waals surface area contributed by atoms with Crippen molar-refractivity contribution in [3.63, 3.8) is 0 Å². The molecule has 0 atom stereocenters. The third-order valence-corrected chi connectivity index (χ3v) is 5.65. The maximum Gasteiger partial charge on any atom is 0.356 e. The fraction of sp³-hybridized carbons (Fsp3) is 0.333. The van der Waals surface area contributed by atoms with Crippen LogP contribution >= 0.6 is 15.2 Å². The molecule has 10 nitrogen and oxygen atoms in total. The molecule has 2 rings (SSSR count). The van der Waals surface area contributed by atoms with Gasteiger partial charge in [0.05, 0.1) is 37.0 Å². The second kappa shape index (κ2) is 11.6. The van der Waals surface area contributed by atoms with E-state index in [-0.39, 0.29) is 23.8 Å². The molecule has 166 valence electrons. The fourth-order valence-electron chi connectivity index (χ4n) is 2.23. The van der Waals surface area contributed by atoms with Gasteiger partial charge >= 0.3 is 15.2 Å². The van der Waals surface area contributed by atoms with Crippen LogP contribution in [0.15, 0.2) is 48.5 Å². The zero-order valence-corrected chi connectivity index (χ0v) is 17.8. The lowest BCUT2D eigenvalue weighted by molar-refractivity contribution is 0.0273. The average molecular weight is 462 g/mol. The Bertz CT molecular complexity index is 784. The predicted molar refractivity (Wildman–Crippen MR) is 109 cm³/mol. The second-order valence-electron chi connectivity index (χ2n) is 6.00. The topological polar surface area (TPSA) is 152 Å². The number of ether oxygens (including phenoxy) is 4. The molecule has 4 N–H and O–H groups in total. The van der Waals surface area contributed by atoms with Gasteiger partial charge < -0.3 is 38.5 Å². The maximum absolute atomic E-state index is 11.1. The summed E-state index contributed by atoms with van der Waals surface area (Å²) in [7, 11) is -8.50. The summed E-state index contributed by atoms with van der Waals surface area (Å²) in [6.07, 6.45) is 0.